The van der Waals surface area contributed by atoms with Crippen molar-refractivity contribution in [3.05, 3.63) is 30.3 Å². The van der Waals surface area contributed by atoms with Crippen LogP contribution < -0.4 is 4.74 Å². The molecule has 0 spiro atoms. The summed E-state index contributed by atoms with van der Waals surface area (Å²) >= 11 is 0. The Bertz CT molecular complexity index is 428. The molecule has 0 saturated heterocycles. The molecule has 4 nitrogen and oxygen atoms in total. The average molecular weight is 190 g/mol. The molecule has 1 radical (unpaired) electrons. The zero-order chi connectivity index (χ0) is 9.97. The molecule has 1 aromatic carbocycles. The van der Waals surface area contributed by atoms with Gasteiger partial charge in [-0.1, -0.05) is 18.2 Å². The number of aromatic nitrogens is 1. The van der Waals surface area contributed by atoms with Crippen LogP contribution in [0.3, 0.4) is 0 Å². The molecule has 0 unspecified atom stereocenters. The number of benzene rings is 1. The number of fused-ring (bicyclic) bond motifs is 1. The second-order valence-electron chi connectivity index (χ2n) is 2.81. The summed E-state index contributed by atoms with van der Waals surface area (Å²) in [4.78, 5) is 13.1. The van der Waals surface area contributed by atoms with Crippen molar-refractivity contribution in [3.8, 4) is 5.88 Å². The third-order valence-electron chi connectivity index (χ3n) is 1.76. The van der Waals surface area contributed by atoms with Crippen LogP contribution in [0.2, 0.25) is 0 Å². The minimum Gasteiger partial charge on any atom is -0.479 e. The van der Waals surface area contributed by atoms with Crippen LogP contribution in [0.1, 0.15) is 0 Å². The van der Waals surface area contributed by atoms with Crippen molar-refractivity contribution in [2.75, 3.05) is 6.61 Å². The average Bonchev–Trinajstić information content (AvgIpc) is 2.57. The summed E-state index contributed by atoms with van der Waals surface area (Å²) < 4.78 is 4.94. The molecule has 0 aliphatic heterocycles. The van der Waals surface area contributed by atoms with Gasteiger partial charge in [0.05, 0.1) is 6.07 Å². The largest absolute Gasteiger partial charge is 0.479 e. The normalized spacial score (nSPS) is 10.3. The summed E-state index contributed by atoms with van der Waals surface area (Å²) in [5, 5.41) is 9.28. The lowest BCUT2D eigenvalue weighted by molar-refractivity contribution is -0.139. The quantitative estimate of drug-likeness (QED) is 0.769. The predicted octanol–water partition coefficient (Wildman–Crippen LogP) is 1.43. The van der Waals surface area contributed by atoms with Gasteiger partial charge in [0.15, 0.2) is 6.61 Å². The van der Waals surface area contributed by atoms with Crippen LogP contribution in [0.4, 0.5) is 0 Å². The Morgan fingerprint density at radius 1 is 1.50 bits per heavy atom. The van der Waals surface area contributed by atoms with E-state index in [-0.39, 0.29) is 6.61 Å². The summed E-state index contributed by atoms with van der Waals surface area (Å²) in [7, 11) is 0. The Morgan fingerprint density at radius 3 is 3.00 bits per heavy atom. The highest BCUT2D eigenvalue weighted by molar-refractivity contribution is 5.80. The second-order valence-corrected chi connectivity index (χ2v) is 2.81. The number of hydrogen-bond donors (Lipinski definition) is 2. The first-order chi connectivity index (χ1) is 6.75. The van der Waals surface area contributed by atoms with E-state index >= 15 is 0 Å². The van der Waals surface area contributed by atoms with Crippen LogP contribution in [0.25, 0.3) is 10.9 Å². The molecule has 71 valence electrons. The molecule has 0 atom stereocenters. The number of para-hydroxylation sites is 1. The fourth-order valence-corrected chi connectivity index (χ4v) is 1.18. The lowest BCUT2D eigenvalue weighted by atomic mass is 10.3. The van der Waals surface area contributed by atoms with E-state index in [0.29, 0.717) is 5.88 Å². The van der Waals surface area contributed by atoms with Crippen molar-refractivity contribution in [1.82, 2.24) is 4.98 Å². The van der Waals surface area contributed by atoms with Crippen molar-refractivity contribution in [2.45, 2.75) is 0 Å². The smallest absolute Gasteiger partial charge is 0.341 e. The van der Waals surface area contributed by atoms with Crippen molar-refractivity contribution < 1.29 is 14.6 Å². The molecule has 0 fully saturated rings. The van der Waals surface area contributed by atoms with Crippen molar-refractivity contribution in [1.29, 1.82) is 0 Å². The van der Waals surface area contributed by atoms with Gasteiger partial charge >= 0.3 is 5.97 Å². The minimum atomic E-state index is -1.00. The van der Waals surface area contributed by atoms with Gasteiger partial charge in [-0.2, -0.15) is 0 Å². The van der Waals surface area contributed by atoms with Crippen LogP contribution in [0.15, 0.2) is 24.3 Å². The molecule has 1 heterocycles. The van der Waals surface area contributed by atoms with E-state index in [9.17, 15) is 4.79 Å². The highest BCUT2D eigenvalue weighted by Crippen LogP contribution is 2.18. The second kappa shape index (κ2) is 3.41. The number of carbonyl (C=O) groups is 1. The van der Waals surface area contributed by atoms with Crippen molar-refractivity contribution >= 4 is 16.9 Å². The summed E-state index contributed by atoms with van der Waals surface area (Å²) in [6.07, 6.45) is 0. The molecule has 2 N–H and O–H groups in total. The Kier molecular flexibility index (Phi) is 2.10. The monoisotopic (exact) mass is 190 g/mol. The van der Waals surface area contributed by atoms with Crippen molar-refractivity contribution in [2.24, 2.45) is 0 Å². The van der Waals surface area contributed by atoms with E-state index in [1.54, 1.807) is 0 Å². The lowest BCUT2D eigenvalue weighted by Crippen LogP contribution is -2.09. The topological polar surface area (TPSA) is 62.3 Å². The molecule has 0 amide bonds. The van der Waals surface area contributed by atoms with Gasteiger partial charge < -0.3 is 14.8 Å². The number of ether oxygens (including phenoxy) is 1. The van der Waals surface area contributed by atoms with Gasteiger partial charge in [0.2, 0.25) is 5.88 Å². The predicted molar refractivity (Wildman–Crippen MR) is 50.3 cm³/mol. The van der Waals surface area contributed by atoms with Crippen LogP contribution in [0, 0.1) is 6.07 Å². The number of hydrogen-bond acceptors (Lipinski definition) is 2. The van der Waals surface area contributed by atoms with Crippen LogP contribution in [0.5, 0.6) is 5.88 Å². The fourth-order valence-electron chi connectivity index (χ4n) is 1.18. The molecule has 1 aromatic heterocycles. The van der Waals surface area contributed by atoms with E-state index in [0.717, 1.165) is 10.9 Å². The Morgan fingerprint density at radius 2 is 2.29 bits per heavy atom. The Hall–Kier alpha value is -1.97. The maximum Gasteiger partial charge on any atom is 0.341 e. The van der Waals surface area contributed by atoms with Gasteiger partial charge in [-0.25, -0.2) is 4.79 Å². The summed E-state index contributed by atoms with van der Waals surface area (Å²) in [5.41, 5.74) is 0.882. The van der Waals surface area contributed by atoms with E-state index in [1.165, 1.54) is 0 Å². The van der Waals surface area contributed by atoms with E-state index in [4.69, 9.17) is 9.84 Å². The molecule has 14 heavy (non-hydrogen) atoms. The summed E-state index contributed by atoms with van der Waals surface area (Å²) in [5.74, 6) is -0.648. The number of carboxylic acid groups (broad SMARTS) is 1. The number of aromatic amines is 1. The number of carboxylic acids is 1. The zero-order valence-electron chi connectivity index (χ0n) is 7.28. The first-order valence-electron chi connectivity index (χ1n) is 4.10. The standard InChI is InChI=1S/C10H8NO3/c12-10(13)6-14-9-5-7-3-1-2-4-8(7)11-9/h1-4,11H,6H2,(H,12,13). The number of aliphatic carboxylic acids is 1. The first kappa shape index (κ1) is 8.62. The minimum absolute atomic E-state index is 0.355. The molecule has 2 aromatic rings. The van der Waals surface area contributed by atoms with Crippen LogP contribution in [-0.4, -0.2) is 22.7 Å². The van der Waals surface area contributed by atoms with Gasteiger partial charge in [-0.3, -0.25) is 0 Å². The van der Waals surface area contributed by atoms with Gasteiger partial charge in [-0.15, -0.1) is 0 Å². The molecule has 0 aliphatic carbocycles. The number of nitrogens with one attached hydrogen (secondary N) is 1. The van der Waals surface area contributed by atoms with E-state index < -0.39 is 5.97 Å². The fraction of sp³-hybridized carbons (Fsp3) is 0.100. The number of H-pyrrole nitrogens is 1. The third kappa shape index (κ3) is 1.69. The molecule has 0 bridgehead atoms. The molecule has 0 saturated carbocycles. The molecule has 0 aliphatic rings. The molecular weight excluding hydrogens is 182 g/mol. The van der Waals surface area contributed by atoms with Gasteiger partial charge in [0.1, 0.15) is 0 Å². The summed E-state index contributed by atoms with van der Waals surface area (Å²) in [6, 6.07) is 10.4. The van der Waals surface area contributed by atoms with Gasteiger partial charge in [-0.05, 0) is 6.07 Å². The van der Waals surface area contributed by atoms with E-state index in [1.807, 2.05) is 24.3 Å². The SMILES string of the molecule is O=C(O)COc1[c]c2ccccc2[nH]1. The molecule has 4 heteroatoms. The lowest BCUT2D eigenvalue weighted by Gasteiger charge is -1.96. The highest BCUT2D eigenvalue weighted by atomic mass is 16.5. The van der Waals surface area contributed by atoms with Gasteiger partial charge in [0, 0.05) is 10.9 Å². The maximum atomic E-state index is 10.2. The maximum absolute atomic E-state index is 10.2. The molecular formula is C10H8NO3. The Labute approximate surface area is 80.1 Å². The van der Waals surface area contributed by atoms with E-state index in [2.05, 4.69) is 11.1 Å². The van der Waals surface area contributed by atoms with Gasteiger partial charge in [0.25, 0.3) is 0 Å². The zero-order valence-corrected chi connectivity index (χ0v) is 7.28. The van der Waals surface area contributed by atoms with Crippen LogP contribution in [-0.2, 0) is 4.79 Å². The van der Waals surface area contributed by atoms with Crippen LogP contribution >= 0.6 is 0 Å². The Balaban J connectivity index is 2.22. The number of rotatable bonds is 3. The summed E-state index contributed by atoms with van der Waals surface area (Å²) in [6.45, 7) is -0.358. The van der Waals surface area contributed by atoms with Crippen molar-refractivity contribution in [3.63, 3.8) is 0 Å². The third-order valence-corrected chi connectivity index (χ3v) is 1.76. The molecule has 2 rings (SSSR count). The highest BCUT2D eigenvalue weighted by Gasteiger charge is 2.03. The first-order valence-corrected chi connectivity index (χ1v) is 4.10.